The van der Waals surface area contributed by atoms with Crippen LogP contribution in [-0.2, 0) is 22.6 Å². The maximum atomic E-state index is 13.8. The molecule has 7 heteroatoms. The van der Waals surface area contributed by atoms with E-state index in [1.165, 1.54) is 6.42 Å². The summed E-state index contributed by atoms with van der Waals surface area (Å²) in [6.07, 6.45) is 5.77. The number of carbonyl (C=O) groups excluding carboxylic acids is 2. The summed E-state index contributed by atoms with van der Waals surface area (Å²) in [5, 5.41) is 3.81. The van der Waals surface area contributed by atoms with Gasteiger partial charge in [0.25, 0.3) is 5.91 Å². The van der Waals surface area contributed by atoms with Gasteiger partial charge in [-0.1, -0.05) is 79.4 Å². The van der Waals surface area contributed by atoms with Crippen LogP contribution in [0.5, 0.6) is 5.75 Å². The van der Waals surface area contributed by atoms with Crippen LogP contribution in [0.15, 0.2) is 78.9 Å². The van der Waals surface area contributed by atoms with Crippen molar-refractivity contribution in [2.75, 3.05) is 6.61 Å². The van der Waals surface area contributed by atoms with Gasteiger partial charge in [-0.15, -0.1) is 0 Å². The molecule has 0 aliphatic heterocycles. The van der Waals surface area contributed by atoms with E-state index >= 15 is 0 Å². The lowest BCUT2D eigenvalue weighted by Crippen LogP contribution is -2.53. The third-order valence-corrected chi connectivity index (χ3v) is 7.79. The van der Waals surface area contributed by atoms with Crippen LogP contribution >= 0.6 is 34.2 Å². The Labute approximate surface area is 237 Å². The lowest BCUT2D eigenvalue weighted by atomic mass is 9.94. The number of nitrogens with one attached hydrogen (secondary N) is 1. The maximum absolute atomic E-state index is 13.8. The van der Waals surface area contributed by atoms with Gasteiger partial charge in [-0.05, 0) is 76.9 Å². The topological polar surface area (TPSA) is 58.6 Å². The zero-order valence-corrected chi connectivity index (χ0v) is 23.7. The van der Waals surface area contributed by atoms with Crippen LogP contribution in [0.1, 0.15) is 43.2 Å². The second kappa shape index (κ2) is 13.8. The first-order chi connectivity index (χ1) is 18.0. The van der Waals surface area contributed by atoms with Crippen molar-refractivity contribution < 1.29 is 14.3 Å². The standard InChI is InChI=1S/C30H32ClIN2O3/c31-27-14-8-7-11-23(27)20-34(29(35)21-37-26-17-15-24(32)16-18-26)28(19-22-9-3-1-4-10-22)30(36)33-25-12-5-2-6-13-25/h1,3-4,7-11,14-18,25,28H,2,5-6,12-13,19-21H2,(H,33,36)/t28-/m0/s1. The van der Waals surface area contributed by atoms with E-state index in [1.807, 2.05) is 72.8 Å². The quantitative estimate of drug-likeness (QED) is 0.264. The molecule has 0 bridgehead atoms. The van der Waals surface area contributed by atoms with E-state index in [4.69, 9.17) is 16.3 Å². The first-order valence-corrected chi connectivity index (χ1v) is 14.2. The highest BCUT2D eigenvalue weighted by molar-refractivity contribution is 14.1. The molecule has 0 heterocycles. The molecule has 1 fully saturated rings. The highest BCUT2D eigenvalue weighted by Crippen LogP contribution is 2.23. The van der Waals surface area contributed by atoms with Crippen LogP contribution in [0.4, 0.5) is 0 Å². The van der Waals surface area contributed by atoms with Gasteiger partial charge in [0.1, 0.15) is 11.8 Å². The van der Waals surface area contributed by atoms with Gasteiger partial charge in [-0.2, -0.15) is 0 Å². The zero-order valence-electron chi connectivity index (χ0n) is 20.7. The number of nitrogens with zero attached hydrogens (tertiary/aromatic N) is 1. The highest BCUT2D eigenvalue weighted by Gasteiger charge is 2.32. The van der Waals surface area contributed by atoms with Crippen molar-refractivity contribution in [2.45, 2.75) is 57.2 Å². The molecule has 1 N–H and O–H groups in total. The van der Waals surface area contributed by atoms with Crippen molar-refractivity contribution in [3.05, 3.63) is 98.6 Å². The van der Waals surface area contributed by atoms with Gasteiger partial charge in [-0.3, -0.25) is 9.59 Å². The molecule has 5 nitrogen and oxygen atoms in total. The van der Waals surface area contributed by atoms with Gasteiger partial charge in [0.05, 0.1) is 0 Å². The Morgan fingerprint density at radius 2 is 1.62 bits per heavy atom. The van der Waals surface area contributed by atoms with Crippen molar-refractivity contribution in [1.29, 1.82) is 0 Å². The Kier molecular flexibility index (Phi) is 10.3. The second-order valence-corrected chi connectivity index (χ2v) is 11.1. The largest absolute Gasteiger partial charge is 0.484 e. The van der Waals surface area contributed by atoms with Crippen molar-refractivity contribution in [3.63, 3.8) is 0 Å². The number of hydrogen-bond acceptors (Lipinski definition) is 3. The summed E-state index contributed by atoms with van der Waals surface area (Å²) in [5.74, 6) is 0.210. The van der Waals surface area contributed by atoms with Crippen molar-refractivity contribution >= 4 is 46.0 Å². The van der Waals surface area contributed by atoms with Gasteiger partial charge in [0.2, 0.25) is 5.91 Å². The van der Waals surface area contributed by atoms with Crippen LogP contribution < -0.4 is 10.1 Å². The summed E-state index contributed by atoms with van der Waals surface area (Å²) in [7, 11) is 0. The van der Waals surface area contributed by atoms with E-state index in [0.29, 0.717) is 17.2 Å². The lowest BCUT2D eigenvalue weighted by molar-refractivity contribution is -0.143. The average molecular weight is 631 g/mol. The van der Waals surface area contributed by atoms with Crippen LogP contribution in [0.25, 0.3) is 0 Å². The van der Waals surface area contributed by atoms with Crippen molar-refractivity contribution in [1.82, 2.24) is 10.2 Å². The van der Waals surface area contributed by atoms with E-state index in [-0.39, 0.29) is 31.0 Å². The Hall–Kier alpha value is -2.58. The minimum Gasteiger partial charge on any atom is -0.484 e. The molecule has 1 atom stereocenters. The third kappa shape index (κ3) is 8.20. The SMILES string of the molecule is O=C(NC1CCCCC1)[C@H](Cc1ccccc1)N(Cc1ccccc1Cl)C(=O)COc1ccc(I)cc1. The predicted octanol–water partition coefficient (Wildman–Crippen LogP) is 6.41. The predicted molar refractivity (Wildman–Crippen MR) is 156 cm³/mol. The molecule has 37 heavy (non-hydrogen) atoms. The molecule has 0 aromatic heterocycles. The fourth-order valence-corrected chi connectivity index (χ4v) is 5.22. The maximum Gasteiger partial charge on any atom is 0.261 e. The Morgan fingerprint density at radius 3 is 2.32 bits per heavy atom. The molecule has 1 aliphatic carbocycles. The van der Waals surface area contributed by atoms with Gasteiger partial charge < -0.3 is 15.0 Å². The van der Waals surface area contributed by atoms with Crippen molar-refractivity contribution in [3.8, 4) is 5.75 Å². The molecule has 2 amide bonds. The normalized spacial score (nSPS) is 14.5. The summed E-state index contributed by atoms with van der Waals surface area (Å²) in [6.45, 7) is 0.0389. The molecule has 1 aliphatic rings. The zero-order chi connectivity index (χ0) is 26.0. The van der Waals surface area contributed by atoms with E-state index in [2.05, 4.69) is 27.9 Å². The number of ether oxygens (including phenoxy) is 1. The lowest BCUT2D eigenvalue weighted by Gasteiger charge is -2.33. The molecular weight excluding hydrogens is 599 g/mol. The van der Waals surface area contributed by atoms with Crippen LogP contribution in [-0.4, -0.2) is 35.4 Å². The van der Waals surface area contributed by atoms with Gasteiger partial charge in [0, 0.05) is 27.6 Å². The molecule has 0 spiro atoms. The number of halogens is 2. The molecule has 0 unspecified atom stereocenters. The average Bonchev–Trinajstić information content (AvgIpc) is 2.92. The van der Waals surface area contributed by atoms with Crippen molar-refractivity contribution in [2.24, 2.45) is 0 Å². The molecule has 3 aromatic carbocycles. The van der Waals surface area contributed by atoms with Gasteiger partial charge in [0.15, 0.2) is 6.61 Å². The first-order valence-electron chi connectivity index (χ1n) is 12.7. The number of hydrogen-bond donors (Lipinski definition) is 1. The van der Waals surface area contributed by atoms with E-state index in [0.717, 1.165) is 40.4 Å². The molecule has 3 aromatic rings. The molecule has 0 saturated heterocycles. The summed E-state index contributed by atoms with van der Waals surface area (Å²) < 4.78 is 6.92. The number of benzene rings is 3. The minimum absolute atomic E-state index is 0.134. The Balaban J connectivity index is 1.61. The van der Waals surface area contributed by atoms with E-state index in [1.54, 1.807) is 11.0 Å². The fourth-order valence-electron chi connectivity index (χ4n) is 4.67. The minimum atomic E-state index is -0.701. The third-order valence-electron chi connectivity index (χ3n) is 6.70. The Bertz CT molecular complexity index is 1170. The molecule has 194 valence electrons. The molecule has 4 rings (SSSR count). The van der Waals surface area contributed by atoms with Crippen LogP contribution in [0, 0.1) is 3.57 Å². The van der Waals surface area contributed by atoms with Crippen LogP contribution in [0.2, 0.25) is 5.02 Å². The summed E-state index contributed by atoms with van der Waals surface area (Å²) in [6, 6.07) is 24.2. The molecule has 1 saturated carbocycles. The summed E-state index contributed by atoms with van der Waals surface area (Å²) in [5.41, 5.74) is 1.78. The number of rotatable bonds is 10. The van der Waals surface area contributed by atoms with E-state index < -0.39 is 6.04 Å². The second-order valence-electron chi connectivity index (χ2n) is 9.40. The first kappa shape index (κ1) is 27.5. The Morgan fingerprint density at radius 1 is 0.946 bits per heavy atom. The summed E-state index contributed by atoms with van der Waals surface area (Å²) >= 11 is 8.72. The van der Waals surface area contributed by atoms with E-state index in [9.17, 15) is 9.59 Å². The number of carbonyl (C=O) groups is 2. The van der Waals surface area contributed by atoms with Crippen LogP contribution in [0.3, 0.4) is 0 Å². The van der Waals surface area contributed by atoms with Gasteiger partial charge in [-0.25, -0.2) is 0 Å². The molecular formula is C30H32ClIN2O3. The van der Waals surface area contributed by atoms with Gasteiger partial charge >= 0.3 is 0 Å². The smallest absolute Gasteiger partial charge is 0.261 e. The summed E-state index contributed by atoms with van der Waals surface area (Å²) in [4.78, 5) is 29.1. The monoisotopic (exact) mass is 630 g/mol. The fraction of sp³-hybridized carbons (Fsp3) is 0.333. The molecule has 0 radical (unpaired) electrons. The number of amides is 2. The highest BCUT2D eigenvalue weighted by atomic mass is 127.